The van der Waals surface area contributed by atoms with Crippen molar-refractivity contribution in [3.05, 3.63) is 12.2 Å². The molecule has 0 bridgehead atoms. The zero-order valence-electron chi connectivity index (χ0n) is 8.62. The van der Waals surface area contributed by atoms with Gasteiger partial charge in [-0.25, -0.2) is 0 Å². The lowest BCUT2D eigenvalue weighted by Gasteiger charge is -2.24. The van der Waals surface area contributed by atoms with Gasteiger partial charge in [0.1, 0.15) is 0 Å². The first kappa shape index (κ1) is 10.8. The summed E-state index contributed by atoms with van der Waals surface area (Å²) in [6, 6.07) is -0.0128. The Balaban J connectivity index is 2.68. The SMILES string of the molecule is C/C=C/CN1C(=O)CNC(=O)CC1C. The van der Waals surface area contributed by atoms with Crippen molar-refractivity contribution in [2.24, 2.45) is 0 Å². The highest BCUT2D eigenvalue weighted by molar-refractivity contribution is 5.87. The summed E-state index contributed by atoms with van der Waals surface area (Å²) in [5.41, 5.74) is 0. The van der Waals surface area contributed by atoms with Gasteiger partial charge in [0.25, 0.3) is 0 Å². The quantitative estimate of drug-likeness (QED) is 0.646. The molecule has 78 valence electrons. The molecule has 0 aromatic heterocycles. The van der Waals surface area contributed by atoms with Crippen molar-refractivity contribution in [2.75, 3.05) is 13.1 Å². The number of carbonyl (C=O) groups is 2. The topological polar surface area (TPSA) is 49.4 Å². The highest BCUT2D eigenvalue weighted by atomic mass is 16.2. The van der Waals surface area contributed by atoms with E-state index in [1.807, 2.05) is 26.0 Å². The fourth-order valence-electron chi connectivity index (χ4n) is 1.47. The molecule has 1 atom stereocenters. The molecule has 1 saturated heterocycles. The van der Waals surface area contributed by atoms with Gasteiger partial charge in [-0.3, -0.25) is 9.59 Å². The standard InChI is InChI=1S/C10H16N2O2/c1-3-4-5-12-8(2)6-9(13)11-7-10(12)14/h3-4,8H,5-7H2,1-2H3,(H,11,13)/b4-3+. The number of carbonyl (C=O) groups excluding carboxylic acids is 2. The van der Waals surface area contributed by atoms with Crippen LogP contribution in [0.2, 0.25) is 0 Å². The maximum atomic E-state index is 11.6. The monoisotopic (exact) mass is 196 g/mol. The summed E-state index contributed by atoms with van der Waals surface area (Å²) >= 11 is 0. The van der Waals surface area contributed by atoms with Crippen molar-refractivity contribution in [3.8, 4) is 0 Å². The predicted octanol–water partition coefficient (Wildman–Crippen LogP) is 0.299. The Morgan fingerprint density at radius 1 is 1.57 bits per heavy atom. The largest absolute Gasteiger partial charge is 0.347 e. The molecule has 0 radical (unpaired) electrons. The minimum absolute atomic E-state index is 0.0125. The number of allylic oxidation sites excluding steroid dienone is 1. The first-order valence-electron chi connectivity index (χ1n) is 4.82. The van der Waals surface area contributed by atoms with E-state index < -0.39 is 0 Å². The first-order chi connectivity index (χ1) is 6.65. The van der Waals surface area contributed by atoms with Gasteiger partial charge in [-0.05, 0) is 13.8 Å². The lowest BCUT2D eigenvalue weighted by atomic mass is 10.2. The van der Waals surface area contributed by atoms with Gasteiger partial charge in [-0.15, -0.1) is 0 Å². The Hall–Kier alpha value is -1.32. The minimum Gasteiger partial charge on any atom is -0.347 e. The summed E-state index contributed by atoms with van der Waals surface area (Å²) < 4.78 is 0. The molecule has 4 nitrogen and oxygen atoms in total. The lowest BCUT2D eigenvalue weighted by Crippen LogP contribution is -2.39. The van der Waals surface area contributed by atoms with Crippen LogP contribution in [0.4, 0.5) is 0 Å². The number of amides is 2. The lowest BCUT2D eigenvalue weighted by molar-refractivity contribution is -0.130. The third kappa shape index (κ3) is 2.58. The number of rotatable bonds is 2. The van der Waals surface area contributed by atoms with Crippen LogP contribution in [-0.4, -0.2) is 35.8 Å². The van der Waals surface area contributed by atoms with Gasteiger partial charge in [-0.2, -0.15) is 0 Å². The molecule has 4 heteroatoms. The van der Waals surface area contributed by atoms with E-state index in [9.17, 15) is 9.59 Å². The molecule has 1 fully saturated rings. The highest BCUT2D eigenvalue weighted by Crippen LogP contribution is 2.07. The van der Waals surface area contributed by atoms with Crippen molar-refractivity contribution in [1.82, 2.24) is 10.2 Å². The van der Waals surface area contributed by atoms with E-state index in [2.05, 4.69) is 5.32 Å². The fraction of sp³-hybridized carbons (Fsp3) is 0.600. The summed E-state index contributed by atoms with van der Waals surface area (Å²) in [5.74, 6) is -0.0599. The normalized spacial score (nSPS) is 23.9. The predicted molar refractivity (Wildman–Crippen MR) is 53.6 cm³/mol. The van der Waals surface area contributed by atoms with Gasteiger partial charge in [0.2, 0.25) is 11.8 Å². The van der Waals surface area contributed by atoms with Gasteiger partial charge in [0.05, 0.1) is 6.54 Å². The molecule has 1 aliphatic heterocycles. The smallest absolute Gasteiger partial charge is 0.242 e. The second-order valence-corrected chi connectivity index (χ2v) is 3.45. The van der Waals surface area contributed by atoms with Gasteiger partial charge in [0.15, 0.2) is 0 Å². The second kappa shape index (κ2) is 4.79. The van der Waals surface area contributed by atoms with Crippen molar-refractivity contribution in [2.45, 2.75) is 26.3 Å². The zero-order chi connectivity index (χ0) is 10.6. The van der Waals surface area contributed by atoms with Crippen molar-refractivity contribution in [1.29, 1.82) is 0 Å². The van der Waals surface area contributed by atoms with Crippen LogP contribution < -0.4 is 5.32 Å². The Bertz CT molecular complexity index is 261. The Labute approximate surface area is 84.0 Å². The second-order valence-electron chi connectivity index (χ2n) is 3.45. The highest BCUT2D eigenvalue weighted by Gasteiger charge is 2.25. The fourth-order valence-corrected chi connectivity index (χ4v) is 1.47. The molecular formula is C10H16N2O2. The maximum Gasteiger partial charge on any atom is 0.242 e. The van der Waals surface area contributed by atoms with Crippen LogP contribution in [0.15, 0.2) is 12.2 Å². The van der Waals surface area contributed by atoms with Crippen molar-refractivity contribution < 1.29 is 9.59 Å². The van der Waals surface area contributed by atoms with E-state index in [0.717, 1.165) is 0 Å². The zero-order valence-corrected chi connectivity index (χ0v) is 8.62. The van der Waals surface area contributed by atoms with Gasteiger partial charge in [-0.1, -0.05) is 12.2 Å². The Morgan fingerprint density at radius 3 is 2.93 bits per heavy atom. The Kier molecular flexibility index (Phi) is 3.68. The van der Waals surface area contributed by atoms with Crippen LogP contribution in [0.25, 0.3) is 0 Å². The van der Waals surface area contributed by atoms with Crippen LogP contribution in [0.3, 0.4) is 0 Å². The number of nitrogens with zero attached hydrogens (tertiary/aromatic N) is 1. The molecule has 1 aliphatic rings. The third-order valence-electron chi connectivity index (χ3n) is 2.31. The summed E-state index contributed by atoms with van der Waals surface area (Å²) in [6.07, 6.45) is 4.22. The molecule has 0 spiro atoms. The molecule has 1 rings (SSSR count). The van der Waals surface area contributed by atoms with Crippen LogP contribution in [0.5, 0.6) is 0 Å². The molecule has 0 saturated carbocycles. The van der Waals surface area contributed by atoms with E-state index >= 15 is 0 Å². The van der Waals surface area contributed by atoms with E-state index in [0.29, 0.717) is 13.0 Å². The van der Waals surface area contributed by atoms with Gasteiger partial charge in [0, 0.05) is 19.0 Å². The first-order valence-corrected chi connectivity index (χ1v) is 4.82. The van der Waals surface area contributed by atoms with E-state index in [4.69, 9.17) is 0 Å². The molecule has 0 aromatic rings. The average molecular weight is 196 g/mol. The third-order valence-corrected chi connectivity index (χ3v) is 2.31. The van der Waals surface area contributed by atoms with Crippen LogP contribution >= 0.6 is 0 Å². The number of hydrogen-bond donors (Lipinski definition) is 1. The van der Waals surface area contributed by atoms with Crippen LogP contribution in [0.1, 0.15) is 20.3 Å². The van der Waals surface area contributed by atoms with E-state index in [-0.39, 0.29) is 24.4 Å². The van der Waals surface area contributed by atoms with E-state index in [1.165, 1.54) is 0 Å². The summed E-state index contributed by atoms with van der Waals surface area (Å²) in [6.45, 7) is 4.52. The summed E-state index contributed by atoms with van der Waals surface area (Å²) in [4.78, 5) is 24.4. The molecule has 1 N–H and O–H groups in total. The molecule has 14 heavy (non-hydrogen) atoms. The maximum absolute atomic E-state index is 11.6. The molecule has 0 aliphatic carbocycles. The molecule has 2 amide bonds. The molecule has 1 heterocycles. The van der Waals surface area contributed by atoms with E-state index in [1.54, 1.807) is 4.90 Å². The van der Waals surface area contributed by atoms with Crippen molar-refractivity contribution >= 4 is 11.8 Å². The Morgan fingerprint density at radius 2 is 2.29 bits per heavy atom. The minimum atomic E-state index is -0.0474. The average Bonchev–Trinajstić information content (AvgIpc) is 2.25. The molecular weight excluding hydrogens is 180 g/mol. The molecule has 1 unspecified atom stereocenters. The van der Waals surface area contributed by atoms with Gasteiger partial charge < -0.3 is 10.2 Å². The number of hydrogen-bond acceptors (Lipinski definition) is 2. The molecule has 0 aromatic carbocycles. The summed E-state index contributed by atoms with van der Waals surface area (Å²) in [7, 11) is 0. The summed E-state index contributed by atoms with van der Waals surface area (Å²) in [5, 5.41) is 2.58. The van der Waals surface area contributed by atoms with Crippen LogP contribution in [0, 0.1) is 0 Å². The van der Waals surface area contributed by atoms with Gasteiger partial charge >= 0.3 is 0 Å². The number of nitrogens with one attached hydrogen (secondary N) is 1. The van der Waals surface area contributed by atoms with Crippen molar-refractivity contribution in [3.63, 3.8) is 0 Å². The van der Waals surface area contributed by atoms with Crippen LogP contribution in [-0.2, 0) is 9.59 Å².